The summed E-state index contributed by atoms with van der Waals surface area (Å²) in [6.07, 6.45) is 5.42. The molecular formula is C17H22ClN3. The average molecular weight is 304 g/mol. The summed E-state index contributed by atoms with van der Waals surface area (Å²) in [5.74, 6) is 0. The third-order valence-electron chi connectivity index (χ3n) is 3.63. The van der Waals surface area contributed by atoms with Crippen molar-refractivity contribution in [1.82, 2.24) is 4.98 Å². The van der Waals surface area contributed by atoms with Gasteiger partial charge in [-0.2, -0.15) is 0 Å². The van der Waals surface area contributed by atoms with Crippen molar-refractivity contribution in [3.05, 3.63) is 58.9 Å². The summed E-state index contributed by atoms with van der Waals surface area (Å²) in [6, 6.07) is 10.2. The molecule has 0 fully saturated rings. The molecule has 112 valence electrons. The van der Waals surface area contributed by atoms with Crippen molar-refractivity contribution in [1.29, 1.82) is 0 Å². The molecule has 1 unspecified atom stereocenters. The van der Waals surface area contributed by atoms with Crippen molar-refractivity contribution in [3.8, 4) is 0 Å². The molecule has 0 radical (unpaired) electrons. The second kappa shape index (κ2) is 7.43. The third kappa shape index (κ3) is 4.19. The molecule has 0 aliphatic rings. The second-order valence-electron chi connectivity index (χ2n) is 5.33. The van der Waals surface area contributed by atoms with E-state index in [9.17, 15) is 0 Å². The fraction of sp³-hybridized carbons (Fsp3) is 0.353. The van der Waals surface area contributed by atoms with Gasteiger partial charge in [-0.05, 0) is 42.2 Å². The summed E-state index contributed by atoms with van der Waals surface area (Å²) in [5, 5.41) is 0.771. The van der Waals surface area contributed by atoms with Crippen molar-refractivity contribution in [2.24, 2.45) is 5.73 Å². The Labute approximate surface area is 131 Å². The zero-order valence-corrected chi connectivity index (χ0v) is 13.3. The van der Waals surface area contributed by atoms with Crippen molar-refractivity contribution in [3.63, 3.8) is 0 Å². The van der Waals surface area contributed by atoms with Gasteiger partial charge in [0.1, 0.15) is 0 Å². The monoisotopic (exact) mass is 303 g/mol. The molecular weight excluding hydrogens is 282 g/mol. The molecule has 1 atom stereocenters. The summed E-state index contributed by atoms with van der Waals surface area (Å²) in [4.78, 5) is 6.23. The van der Waals surface area contributed by atoms with Gasteiger partial charge in [0.25, 0.3) is 0 Å². The summed E-state index contributed by atoms with van der Waals surface area (Å²) in [5.41, 5.74) is 9.58. The molecule has 0 aliphatic carbocycles. The lowest BCUT2D eigenvalue weighted by molar-refractivity contribution is 0.645. The summed E-state index contributed by atoms with van der Waals surface area (Å²) in [6.45, 7) is 2.90. The molecule has 0 aliphatic heterocycles. The summed E-state index contributed by atoms with van der Waals surface area (Å²) < 4.78 is 0. The number of rotatable bonds is 6. The highest BCUT2D eigenvalue weighted by Gasteiger charge is 2.14. The number of anilines is 1. The molecule has 21 heavy (non-hydrogen) atoms. The number of hydrogen-bond donors (Lipinski definition) is 1. The van der Waals surface area contributed by atoms with E-state index in [-0.39, 0.29) is 6.04 Å². The fourth-order valence-electron chi connectivity index (χ4n) is 2.42. The van der Waals surface area contributed by atoms with Gasteiger partial charge in [0, 0.05) is 32.0 Å². The van der Waals surface area contributed by atoms with Crippen LogP contribution in [0.1, 0.15) is 24.5 Å². The van der Waals surface area contributed by atoms with Crippen LogP contribution in [0.5, 0.6) is 0 Å². The van der Waals surface area contributed by atoms with E-state index in [0.29, 0.717) is 0 Å². The van der Waals surface area contributed by atoms with Gasteiger partial charge in [0.2, 0.25) is 0 Å². The van der Waals surface area contributed by atoms with Gasteiger partial charge in [-0.1, -0.05) is 30.7 Å². The van der Waals surface area contributed by atoms with E-state index in [1.54, 1.807) is 0 Å². The SMILES string of the molecule is CCC(N)Cc1cccc(Cl)c1N(C)Cc1ccncc1. The second-order valence-corrected chi connectivity index (χ2v) is 5.74. The van der Waals surface area contributed by atoms with Gasteiger partial charge < -0.3 is 10.6 Å². The van der Waals surface area contributed by atoms with E-state index in [0.717, 1.165) is 30.1 Å². The molecule has 0 spiro atoms. The lowest BCUT2D eigenvalue weighted by Gasteiger charge is -2.25. The van der Waals surface area contributed by atoms with Crippen LogP contribution < -0.4 is 10.6 Å². The van der Waals surface area contributed by atoms with Crippen LogP contribution in [0, 0.1) is 0 Å². The zero-order valence-electron chi connectivity index (χ0n) is 12.6. The number of benzene rings is 1. The van der Waals surface area contributed by atoms with E-state index in [1.165, 1.54) is 11.1 Å². The normalized spacial score (nSPS) is 12.2. The number of aromatic nitrogens is 1. The highest BCUT2D eigenvalue weighted by atomic mass is 35.5. The predicted octanol–water partition coefficient (Wildman–Crippen LogP) is 3.65. The first-order valence-corrected chi connectivity index (χ1v) is 7.62. The van der Waals surface area contributed by atoms with Gasteiger partial charge in [0.15, 0.2) is 0 Å². The molecule has 2 N–H and O–H groups in total. The van der Waals surface area contributed by atoms with Gasteiger partial charge in [0.05, 0.1) is 10.7 Å². The van der Waals surface area contributed by atoms with Crippen molar-refractivity contribution >= 4 is 17.3 Å². The largest absolute Gasteiger partial charge is 0.369 e. The maximum Gasteiger partial charge on any atom is 0.0642 e. The Kier molecular flexibility index (Phi) is 5.59. The first kappa shape index (κ1) is 15.8. The molecule has 1 heterocycles. The molecule has 0 bridgehead atoms. The minimum atomic E-state index is 0.163. The highest BCUT2D eigenvalue weighted by Crippen LogP contribution is 2.31. The van der Waals surface area contributed by atoms with Gasteiger partial charge in [-0.3, -0.25) is 4.98 Å². The predicted molar refractivity (Wildman–Crippen MR) is 89.8 cm³/mol. The van der Waals surface area contributed by atoms with E-state index in [4.69, 9.17) is 17.3 Å². The molecule has 3 nitrogen and oxygen atoms in total. The number of nitrogens with zero attached hydrogens (tertiary/aromatic N) is 2. The Hall–Kier alpha value is -1.58. The van der Waals surface area contributed by atoms with Crippen LogP contribution in [0.2, 0.25) is 5.02 Å². The lowest BCUT2D eigenvalue weighted by atomic mass is 10.0. The number of para-hydroxylation sites is 1. The number of halogens is 1. The molecule has 1 aromatic carbocycles. The minimum absolute atomic E-state index is 0.163. The Bertz CT molecular complexity index is 572. The van der Waals surface area contributed by atoms with Gasteiger partial charge in [-0.25, -0.2) is 0 Å². The van der Waals surface area contributed by atoms with E-state index in [2.05, 4.69) is 29.9 Å². The van der Waals surface area contributed by atoms with Crippen LogP contribution >= 0.6 is 11.6 Å². The molecule has 2 aromatic rings. The summed E-state index contributed by atoms with van der Waals surface area (Å²) in [7, 11) is 2.06. The van der Waals surface area contributed by atoms with Crippen molar-refractivity contribution < 1.29 is 0 Å². The standard InChI is InChI=1S/C17H22ClN3/c1-3-15(19)11-14-5-4-6-16(18)17(14)21(2)12-13-7-9-20-10-8-13/h4-10,15H,3,11-12,19H2,1-2H3. The smallest absolute Gasteiger partial charge is 0.0642 e. The van der Waals surface area contributed by atoms with Crippen LogP contribution in [0.25, 0.3) is 0 Å². The van der Waals surface area contributed by atoms with E-state index < -0.39 is 0 Å². The van der Waals surface area contributed by atoms with Crippen LogP contribution in [-0.2, 0) is 13.0 Å². The highest BCUT2D eigenvalue weighted by molar-refractivity contribution is 6.33. The van der Waals surface area contributed by atoms with Crippen molar-refractivity contribution in [2.45, 2.75) is 32.4 Å². The van der Waals surface area contributed by atoms with E-state index in [1.807, 2.05) is 36.7 Å². The topological polar surface area (TPSA) is 42.1 Å². The first-order chi connectivity index (χ1) is 10.1. The quantitative estimate of drug-likeness (QED) is 0.885. The van der Waals surface area contributed by atoms with Crippen LogP contribution in [0.15, 0.2) is 42.7 Å². The van der Waals surface area contributed by atoms with Gasteiger partial charge in [-0.15, -0.1) is 0 Å². The molecule has 0 amide bonds. The third-order valence-corrected chi connectivity index (χ3v) is 3.93. The molecule has 0 saturated heterocycles. The average Bonchev–Trinajstić information content (AvgIpc) is 2.48. The number of pyridine rings is 1. The zero-order chi connectivity index (χ0) is 15.2. The molecule has 1 aromatic heterocycles. The Balaban J connectivity index is 2.24. The number of hydrogen-bond acceptors (Lipinski definition) is 3. The maximum absolute atomic E-state index is 6.42. The number of nitrogens with two attached hydrogens (primary N) is 1. The minimum Gasteiger partial charge on any atom is -0.369 e. The lowest BCUT2D eigenvalue weighted by Crippen LogP contribution is -2.24. The van der Waals surface area contributed by atoms with Crippen LogP contribution in [0.3, 0.4) is 0 Å². The van der Waals surface area contributed by atoms with Gasteiger partial charge >= 0.3 is 0 Å². The Morgan fingerprint density at radius 3 is 2.62 bits per heavy atom. The first-order valence-electron chi connectivity index (χ1n) is 7.24. The van der Waals surface area contributed by atoms with Crippen molar-refractivity contribution in [2.75, 3.05) is 11.9 Å². The Morgan fingerprint density at radius 1 is 1.24 bits per heavy atom. The molecule has 4 heteroatoms. The molecule has 0 saturated carbocycles. The van der Waals surface area contributed by atoms with E-state index >= 15 is 0 Å². The van der Waals surface area contributed by atoms with Crippen LogP contribution in [-0.4, -0.2) is 18.1 Å². The van der Waals surface area contributed by atoms with Crippen LogP contribution in [0.4, 0.5) is 5.69 Å². The fourth-order valence-corrected chi connectivity index (χ4v) is 2.76. The maximum atomic E-state index is 6.42. The Morgan fingerprint density at radius 2 is 1.95 bits per heavy atom. The molecule has 2 rings (SSSR count). The summed E-state index contributed by atoms with van der Waals surface area (Å²) >= 11 is 6.42.